The SMILES string of the molecule is CC(=O)Nc1cccc(OC(=O)Nc2ccc(C)c(Cl)c2)c1. The van der Waals surface area contributed by atoms with E-state index in [4.69, 9.17) is 16.3 Å². The van der Waals surface area contributed by atoms with Crippen LogP contribution in [0.1, 0.15) is 12.5 Å². The molecule has 114 valence electrons. The highest BCUT2D eigenvalue weighted by Crippen LogP contribution is 2.21. The molecule has 0 bridgehead atoms. The first-order valence-electron chi connectivity index (χ1n) is 6.56. The summed E-state index contributed by atoms with van der Waals surface area (Å²) in [6, 6.07) is 11.7. The highest BCUT2D eigenvalue weighted by atomic mass is 35.5. The highest BCUT2D eigenvalue weighted by Gasteiger charge is 2.07. The third kappa shape index (κ3) is 4.49. The second kappa shape index (κ2) is 6.95. The summed E-state index contributed by atoms with van der Waals surface area (Å²) in [6.07, 6.45) is -0.639. The maximum Gasteiger partial charge on any atom is 0.417 e. The zero-order chi connectivity index (χ0) is 16.1. The van der Waals surface area contributed by atoms with Crippen LogP contribution in [0.25, 0.3) is 0 Å². The minimum Gasteiger partial charge on any atom is -0.410 e. The lowest BCUT2D eigenvalue weighted by atomic mass is 10.2. The molecule has 0 radical (unpaired) electrons. The number of carbonyl (C=O) groups excluding carboxylic acids is 2. The molecule has 2 N–H and O–H groups in total. The quantitative estimate of drug-likeness (QED) is 0.890. The predicted molar refractivity (Wildman–Crippen MR) is 86.6 cm³/mol. The summed E-state index contributed by atoms with van der Waals surface area (Å²) < 4.78 is 5.17. The first-order chi connectivity index (χ1) is 10.4. The lowest BCUT2D eigenvalue weighted by Crippen LogP contribution is -2.17. The van der Waals surface area contributed by atoms with Crippen molar-refractivity contribution >= 4 is 35.0 Å². The molecule has 0 aliphatic heterocycles. The normalized spacial score (nSPS) is 9.95. The van der Waals surface area contributed by atoms with E-state index >= 15 is 0 Å². The van der Waals surface area contributed by atoms with Gasteiger partial charge in [0, 0.05) is 29.4 Å². The number of halogens is 1. The number of aryl methyl sites for hydroxylation is 1. The van der Waals surface area contributed by atoms with E-state index in [1.165, 1.54) is 6.92 Å². The van der Waals surface area contributed by atoms with E-state index in [2.05, 4.69) is 10.6 Å². The van der Waals surface area contributed by atoms with Gasteiger partial charge in [-0.2, -0.15) is 0 Å². The zero-order valence-corrected chi connectivity index (χ0v) is 12.9. The average Bonchev–Trinajstić information content (AvgIpc) is 2.42. The maximum atomic E-state index is 11.8. The van der Waals surface area contributed by atoms with Crippen LogP contribution in [0.5, 0.6) is 5.75 Å². The Bertz CT molecular complexity index is 716. The molecule has 2 aromatic rings. The van der Waals surface area contributed by atoms with Gasteiger partial charge in [0.1, 0.15) is 5.75 Å². The Morgan fingerprint density at radius 1 is 1.05 bits per heavy atom. The Labute approximate surface area is 133 Å². The van der Waals surface area contributed by atoms with Crippen LogP contribution in [-0.2, 0) is 4.79 Å². The third-order valence-corrected chi connectivity index (χ3v) is 3.19. The first kappa shape index (κ1) is 15.9. The second-order valence-electron chi connectivity index (χ2n) is 4.69. The van der Waals surface area contributed by atoms with Crippen molar-refractivity contribution in [3.05, 3.63) is 53.1 Å². The van der Waals surface area contributed by atoms with E-state index in [1.807, 2.05) is 6.92 Å². The number of anilines is 2. The molecule has 2 amide bonds. The molecule has 0 aliphatic carbocycles. The Morgan fingerprint density at radius 3 is 2.45 bits per heavy atom. The summed E-state index contributed by atoms with van der Waals surface area (Å²) in [6.45, 7) is 3.28. The van der Waals surface area contributed by atoms with Crippen LogP contribution in [-0.4, -0.2) is 12.0 Å². The fourth-order valence-corrected chi connectivity index (χ4v) is 1.94. The lowest BCUT2D eigenvalue weighted by molar-refractivity contribution is -0.114. The van der Waals surface area contributed by atoms with Crippen LogP contribution in [0.2, 0.25) is 5.02 Å². The van der Waals surface area contributed by atoms with Crippen molar-refractivity contribution in [2.75, 3.05) is 10.6 Å². The molecule has 0 unspecified atom stereocenters. The predicted octanol–water partition coefficient (Wildman–Crippen LogP) is 4.22. The van der Waals surface area contributed by atoms with E-state index in [0.717, 1.165) is 5.56 Å². The molecule has 0 aromatic heterocycles. The standard InChI is InChI=1S/C16H15ClN2O3/c1-10-6-7-13(9-15(10)17)19-16(21)22-14-5-3-4-12(8-14)18-11(2)20/h3-9H,1-2H3,(H,18,20)(H,19,21). The van der Waals surface area contributed by atoms with Crippen molar-refractivity contribution in [3.8, 4) is 5.75 Å². The largest absolute Gasteiger partial charge is 0.417 e. The molecule has 2 aromatic carbocycles. The van der Waals surface area contributed by atoms with E-state index < -0.39 is 6.09 Å². The molecule has 0 saturated carbocycles. The maximum absolute atomic E-state index is 11.8. The summed E-state index contributed by atoms with van der Waals surface area (Å²) in [7, 11) is 0. The van der Waals surface area contributed by atoms with Crippen molar-refractivity contribution in [3.63, 3.8) is 0 Å². The van der Waals surface area contributed by atoms with Gasteiger partial charge in [-0.25, -0.2) is 4.79 Å². The Balaban J connectivity index is 2.02. The van der Waals surface area contributed by atoms with Crippen molar-refractivity contribution in [2.45, 2.75) is 13.8 Å². The van der Waals surface area contributed by atoms with E-state index in [-0.39, 0.29) is 5.91 Å². The molecular weight excluding hydrogens is 304 g/mol. The molecule has 2 rings (SSSR count). The molecule has 22 heavy (non-hydrogen) atoms. The van der Waals surface area contributed by atoms with Crippen molar-refractivity contribution < 1.29 is 14.3 Å². The van der Waals surface area contributed by atoms with Crippen LogP contribution >= 0.6 is 11.6 Å². The first-order valence-corrected chi connectivity index (χ1v) is 6.94. The number of ether oxygens (including phenoxy) is 1. The van der Waals surface area contributed by atoms with Crippen molar-refractivity contribution in [2.24, 2.45) is 0 Å². The van der Waals surface area contributed by atoms with Gasteiger partial charge in [-0.15, -0.1) is 0 Å². The summed E-state index contributed by atoms with van der Waals surface area (Å²) in [4.78, 5) is 22.9. The zero-order valence-electron chi connectivity index (χ0n) is 12.1. The monoisotopic (exact) mass is 318 g/mol. The second-order valence-corrected chi connectivity index (χ2v) is 5.09. The van der Waals surface area contributed by atoms with Gasteiger partial charge in [0.25, 0.3) is 0 Å². The van der Waals surface area contributed by atoms with Gasteiger partial charge in [-0.1, -0.05) is 23.7 Å². The number of benzene rings is 2. The lowest BCUT2D eigenvalue weighted by Gasteiger charge is -2.09. The van der Waals surface area contributed by atoms with Crippen LogP contribution in [0, 0.1) is 6.92 Å². The molecule has 0 atom stereocenters. The van der Waals surface area contributed by atoms with Gasteiger partial charge >= 0.3 is 6.09 Å². The Kier molecular flexibility index (Phi) is 5.01. The number of nitrogens with one attached hydrogen (secondary N) is 2. The molecule has 0 aliphatic rings. The molecule has 5 nitrogen and oxygen atoms in total. The van der Waals surface area contributed by atoms with Crippen LogP contribution in [0.3, 0.4) is 0 Å². The topological polar surface area (TPSA) is 67.4 Å². The number of amides is 2. The number of hydrogen-bond donors (Lipinski definition) is 2. The molecule has 0 saturated heterocycles. The number of rotatable bonds is 3. The van der Waals surface area contributed by atoms with E-state index in [9.17, 15) is 9.59 Å². The summed E-state index contributed by atoms with van der Waals surface area (Å²) >= 11 is 5.99. The van der Waals surface area contributed by atoms with Gasteiger partial charge in [0.05, 0.1) is 0 Å². The summed E-state index contributed by atoms with van der Waals surface area (Å²) in [5, 5.41) is 5.76. The van der Waals surface area contributed by atoms with Crippen LogP contribution in [0.4, 0.5) is 16.2 Å². The third-order valence-electron chi connectivity index (χ3n) is 2.78. The molecule has 6 heteroatoms. The number of carbonyl (C=O) groups is 2. The number of hydrogen-bond acceptors (Lipinski definition) is 3. The van der Waals surface area contributed by atoms with Gasteiger partial charge in [-0.05, 0) is 36.8 Å². The van der Waals surface area contributed by atoms with Gasteiger partial charge in [-0.3, -0.25) is 10.1 Å². The Hall–Kier alpha value is -2.53. The van der Waals surface area contributed by atoms with Crippen molar-refractivity contribution in [1.82, 2.24) is 0 Å². The molecule has 0 spiro atoms. The van der Waals surface area contributed by atoms with Crippen LogP contribution < -0.4 is 15.4 Å². The van der Waals surface area contributed by atoms with Crippen molar-refractivity contribution in [1.29, 1.82) is 0 Å². The summed E-state index contributed by atoms with van der Waals surface area (Å²) in [5.41, 5.74) is 2.01. The molecule has 0 heterocycles. The minimum absolute atomic E-state index is 0.198. The van der Waals surface area contributed by atoms with Gasteiger partial charge in [0.2, 0.25) is 5.91 Å². The minimum atomic E-state index is -0.639. The fourth-order valence-electron chi connectivity index (χ4n) is 1.76. The summed E-state index contributed by atoms with van der Waals surface area (Å²) in [5.74, 6) is 0.123. The van der Waals surface area contributed by atoms with E-state index in [0.29, 0.717) is 22.1 Å². The average molecular weight is 319 g/mol. The fraction of sp³-hybridized carbons (Fsp3) is 0.125. The van der Waals surface area contributed by atoms with E-state index in [1.54, 1.807) is 42.5 Å². The van der Waals surface area contributed by atoms with Gasteiger partial charge in [0.15, 0.2) is 0 Å². The molecule has 0 fully saturated rings. The Morgan fingerprint density at radius 2 is 1.77 bits per heavy atom. The van der Waals surface area contributed by atoms with Crippen LogP contribution in [0.15, 0.2) is 42.5 Å². The molecular formula is C16H15ClN2O3. The van der Waals surface area contributed by atoms with Gasteiger partial charge < -0.3 is 10.1 Å². The highest BCUT2D eigenvalue weighted by molar-refractivity contribution is 6.31. The smallest absolute Gasteiger partial charge is 0.410 e.